The van der Waals surface area contributed by atoms with Crippen molar-refractivity contribution in [3.8, 4) is 0 Å². The number of amides is 1. The predicted octanol–water partition coefficient (Wildman–Crippen LogP) is 3.63. The molecule has 0 fully saturated rings. The molecule has 1 atom stereocenters. The highest BCUT2D eigenvalue weighted by Crippen LogP contribution is 2.38. The first-order valence-corrected chi connectivity index (χ1v) is 9.03. The van der Waals surface area contributed by atoms with Gasteiger partial charge in [0, 0.05) is 18.9 Å². The molecule has 1 unspecified atom stereocenters. The van der Waals surface area contributed by atoms with Crippen molar-refractivity contribution in [2.24, 2.45) is 0 Å². The minimum absolute atomic E-state index is 0.0322. The van der Waals surface area contributed by atoms with Crippen LogP contribution < -0.4 is 0 Å². The van der Waals surface area contributed by atoms with E-state index in [0.29, 0.717) is 12.0 Å². The molecule has 1 aliphatic heterocycles. The molecule has 0 spiro atoms. The number of Topliss-reactive ketones (excluding diaryl/α,β-unsaturated/α-hetero) is 1. The maximum Gasteiger partial charge on any atom is 0.290 e. The number of aromatic nitrogens is 1. The molecule has 0 saturated carbocycles. The first-order chi connectivity index (χ1) is 14.1. The second kappa shape index (κ2) is 7.71. The molecule has 2 aromatic heterocycles. The van der Waals surface area contributed by atoms with Crippen LogP contribution in [0.15, 0.2) is 82.9 Å². The van der Waals surface area contributed by atoms with E-state index in [9.17, 15) is 19.1 Å². The van der Waals surface area contributed by atoms with Crippen LogP contribution in [0.4, 0.5) is 4.39 Å². The standard InChI is InChI=1S/C22H17FN2O4/c23-16-5-3-14(4-6-16)9-12-25-19(15-7-10-24-11-8-15)18(21(27)22(25)28)20(26)17-2-1-13-29-17/h1-8,10-11,13,19,27H,9,12H2. The molecule has 3 aromatic rings. The molecule has 6 nitrogen and oxygen atoms in total. The van der Waals surface area contributed by atoms with Crippen molar-refractivity contribution in [3.63, 3.8) is 0 Å². The summed E-state index contributed by atoms with van der Waals surface area (Å²) in [4.78, 5) is 31.2. The number of hydrogen-bond donors (Lipinski definition) is 1. The first kappa shape index (κ1) is 18.6. The van der Waals surface area contributed by atoms with Gasteiger partial charge in [0.2, 0.25) is 5.78 Å². The van der Waals surface area contributed by atoms with Crippen LogP contribution in [0.3, 0.4) is 0 Å². The molecule has 0 saturated heterocycles. The third-order valence-electron chi connectivity index (χ3n) is 4.87. The molecule has 1 aromatic carbocycles. The summed E-state index contributed by atoms with van der Waals surface area (Å²) in [5, 5.41) is 10.5. The van der Waals surface area contributed by atoms with Crippen molar-refractivity contribution >= 4 is 11.7 Å². The fraction of sp³-hybridized carbons (Fsp3) is 0.136. The van der Waals surface area contributed by atoms with Gasteiger partial charge in [-0.1, -0.05) is 12.1 Å². The molecule has 3 heterocycles. The van der Waals surface area contributed by atoms with Gasteiger partial charge in [-0.25, -0.2) is 4.39 Å². The number of nitrogens with zero attached hydrogens (tertiary/aromatic N) is 2. The number of carbonyl (C=O) groups excluding carboxylic acids is 2. The van der Waals surface area contributed by atoms with Crippen LogP contribution >= 0.6 is 0 Å². The van der Waals surface area contributed by atoms with Gasteiger partial charge < -0.3 is 14.4 Å². The second-order valence-corrected chi connectivity index (χ2v) is 6.63. The zero-order valence-electron chi connectivity index (χ0n) is 15.3. The van der Waals surface area contributed by atoms with E-state index in [0.717, 1.165) is 5.56 Å². The van der Waals surface area contributed by atoms with Crippen molar-refractivity contribution in [2.75, 3.05) is 6.54 Å². The van der Waals surface area contributed by atoms with Gasteiger partial charge in [-0.2, -0.15) is 0 Å². The van der Waals surface area contributed by atoms with E-state index < -0.39 is 23.5 Å². The Morgan fingerprint density at radius 1 is 1.14 bits per heavy atom. The number of rotatable bonds is 6. The van der Waals surface area contributed by atoms with Crippen LogP contribution in [0.5, 0.6) is 0 Å². The van der Waals surface area contributed by atoms with Gasteiger partial charge in [0.05, 0.1) is 17.9 Å². The molecule has 0 aliphatic carbocycles. The van der Waals surface area contributed by atoms with Gasteiger partial charge in [0.25, 0.3) is 5.91 Å². The quantitative estimate of drug-likeness (QED) is 0.648. The number of benzene rings is 1. The molecule has 1 amide bonds. The van der Waals surface area contributed by atoms with Crippen molar-refractivity contribution in [2.45, 2.75) is 12.5 Å². The van der Waals surface area contributed by atoms with E-state index >= 15 is 0 Å². The van der Waals surface area contributed by atoms with Crippen LogP contribution in [0.2, 0.25) is 0 Å². The smallest absolute Gasteiger partial charge is 0.290 e. The third-order valence-corrected chi connectivity index (χ3v) is 4.87. The zero-order chi connectivity index (χ0) is 20.4. The minimum Gasteiger partial charge on any atom is -0.503 e. The summed E-state index contributed by atoms with van der Waals surface area (Å²) < 4.78 is 18.3. The summed E-state index contributed by atoms with van der Waals surface area (Å²) >= 11 is 0. The fourth-order valence-electron chi connectivity index (χ4n) is 3.45. The highest BCUT2D eigenvalue weighted by atomic mass is 19.1. The number of ketones is 1. The van der Waals surface area contributed by atoms with Crippen LogP contribution in [-0.2, 0) is 11.2 Å². The lowest BCUT2D eigenvalue weighted by Gasteiger charge is -2.26. The van der Waals surface area contributed by atoms with E-state index in [1.165, 1.54) is 29.4 Å². The number of aliphatic hydroxyl groups is 1. The van der Waals surface area contributed by atoms with E-state index in [4.69, 9.17) is 4.42 Å². The van der Waals surface area contributed by atoms with Gasteiger partial charge in [-0.3, -0.25) is 14.6 Å². The second-order valence-electron chi connectivity index (χ2n) is 6.63. The van der Waals surface area contributed by atoms with Crippen LogP contribution in [0.25, 0.3) is 0 Å². The third kappa shape index (κ3) is 3.54. The number of carbonyl (C=O) groups is 2. The average molecular weight is 392 g/mol. The largest absolute Gasteiger partial charge is 0.503 e. The topological polar surface area (TPSA) is 83.6 Å². The minimum atomic E-state index is -0.774. The Balaban J connectivity index is 1.68. The van der Waals surface area contributed by atoms with Crippen LogP contribution in [-0.4, -0.2) is 33.2 Å². The van der Waals surface area contributed by atoms with Gasteiger partial charge in [0.15, 0.2) is 11.5 Å². The fourth-order valence-corrected chi connectivity index (χ4v) is 3.45. The summed E-state index contributed by atoms with van der Waals surface area (Å²) in [5.41, 5.74) is 1.44. The Bertz CT molecular complexity index is 1060. The first-order valence-electron chi connectivity index (χ1n) is 9.03. The average Bonchev–Trinajstić information content (AvgIpc) is 3.36. The molecule has 0 bridgehead atoms. The number of pyridine rings is 1. The lowest BCUT2D eigenvalue weighted by Crippen LogP contribution is -2.33. The molecule has 29 heavy (non-hydrogen) atoms. The molecule has 146 valence electrons. The lowest BCUT2D eigenvalue weighted by molar-refractivity contribution is -0.129. The number of halogens is 1. The van der Waals surface area contributed by atoms with Crippen molar-refractivity contribution in [3.05, 3.63) is 101 Å². The maximum absolute atomic E-state index is 13.1. The predicted molar refractivity (Wildman–Crippen MR) is 101 cm³/mol. The molecule has 0 radical (unpaired) electrons. The molecular weight excluding hydrogens is 375 g/mol. The number of furan rings is 1. The summed E-state index contributed by atoms with van der Waals surface area (Å²) in [5.74, 6) is -2.08. The molecule has 1 aliphatic rings. The summed E-state index contributed by atoms with van der Waals surface area (Å²) in [6, 6.07) is 11.6. The SMILES string of the molecule is O=C(C1=C(O)C(=O)N(CCc2ccc(F)cc2)C1c1ccncc1)c1ccco1. The van der Waals surface area contributed by atoms with Gasteiger partial charge in [-0.15, -0.1) is 0 Å². The van der Waals surface area contributed by atoms with E-state index in [2.05, 4.69) is 4.98 Å². The molecular formula is C22H17FN2O4. The Labute approximate surface area is 165 Å². The number of aliphatic hydroxyl groups excluding tert-OH is 1. The van der Waals surface area contributed by atoms with Gasteiger partial charge >= 0.3 is 0 Å². The summed E-state index contributed by atoms with van der Waals surface area (Å²) in [7, 11) is 0. The van der Waals surface area contributed by atoms with Crippen molar-refractivity contribution in [1.29, 1.82) is 0 Å². The lowest BCUT2D eigenvalue weighted by atomic mass is 9.95. The summed E-state index contributed by atoms with van der Waals surface area (Å²) in [6.07, 6.45) is 4.91. The Kier molecular flexibility index (Phi) is 4.95. The Hall–Kier alpha value is -3.74. The molecule has 1 N–H and O–H groups in total. The Morgan fingerprint density at radius 2 is 1.86 bits per heavy atom. The van der Waals surface area contributed by atoms with Crippen molar-refractivity contribution < 1.29 is 23.5 Å². The highest BCUT2D eigenvalue weighted by Gasteiger charge is 2.44. The van der Waals surface area contributed by atoms with Gasteiger partial charge in [0.1, 0.15) is 5.82 Å². The maximum atomic E-state index is 13.1. The van der Waals surface area contributed by atoms with Crippen LogP contribution in [0.1, 0.15) is 27.7 Å². The summed E-state index contributed by atoms with van der Waals surface area (Å²) in [6.45, 7) is 0.233. The van der Waals surface area contributed by atoms with Crippen molar-refractivity contribution in [1.82, 2.24) is 9.88 Å². The molecule has 7 heteroatoms. The molecule has 4 rings (SSSR count). The van der Waals surface area contributed by atoms with E-state index in [1.54, 1.807) is 42.7 Å². The van der Waals surface area contributed by atoms with Gasteiger partial charge in [-0.05, 0) is 53.9 Å². The highest BCUT2D eigenvalue weighted by molar-refractivity contribution is 6.15. The monoisotopic (exact) mass is 392 g/mol. The van der Waals surface area contributed by atoms with Crippen LogP contribution in [0, 0.1) is 5.82 Å². The number of hydrogen-bond acceptors (Lipinski definition) is 5. The zero-order valence-corrected chi connectivity index (χ0v) is 15.3. The van der Waals surface area contributed by atoms with E-state index in [-0.39, 0.29) is 23.7 Å². The van der Waals surface area contributed by atoms with E-state index in [1.807, 2.05) is 0 Å². The normalized spacial score (nSPS) is 16.5. The Morgan fingerprint density at radius 3 is 2.52 bits per heavy atom.